The van der Waals surface area contributed by atoms with E-state index in [-0.39, 0.29) is 0 Å². The summed E-state index contributed by atoms with van der Waals surface area (Å²) in [6.45, 7) is 12.5. The van der Waals surface area contributed by atoms with Gasteiger partial charge in [0.15, 0.2) is 0 Å². The number of rotatable bonds is 16. The van der Waals surface area contributed by atoms with E-state index < -0.39 is 18.3 Å². The fraction of sp³-hybridized carbons (Fsp3) is 0.750. The Balaban J connectivity index is 2.88. The van der Waals surface area contributed by atoms with Crippen molar-refractivity contribution in [3.8, 4) is 11.5 Å². The van der Waals surface area contributed by atoms with Gasteiger partial charge in [-0.25, -0.2) is 0 Å². The summed E-state index contributed by atoms with van der Waals surface area (Å²) in [7, 11) is -1.21. The fourth-order valence-electron chi connectivity index (χ4n) is 2.85. The highest BCUT2D eigenvalue weighted by molar-refractivity contribution is 6.61. The van der Waals surface area contributed by atoms with Gasteiger partial charge in [-0.1, -0.05) is 58.4 Å². The van der Waals surface area contributed by atoms with E-state index in [0.29, 0.717) is 24.4 Å². The summed E-state index contributed by atoms with van der Waals surface area (Å²) in [6, 6.07) is 5.45. The van der Waals surface area contributed by atoms with Gasteiger partial charge in [0.2, 0.25) is 0 Å². The first-order valence-corrected chi connectivity index (χ1v) is 11.6. The van der Waals surface area contributed by atoms with Gasteiger partial charge in [0.1, 0.15) is 11.5 Å². The molecule has 1 aromatic rings. The normalized spacial score (nSPS) is 12.1. The zero-order valence-corrected chi connectivity index (χ0v) is 20.0. The Labute approximate surface area is 184 Å². The van der Waals surface area contributed by atoms with Crippen molar-refractivity contribution >= 4 is 12.6 Å². The van der Waals surface area contributed by atoms with Crippen LogP contribution in [-0.2, 0) is 4.65 Å². The van der Waals surface area contributed by atoms with Crippen LogP contribution >= 0.6 is 0 Å². The Hall–Kier alpha value is -1.24. The monoisotopic (exact) mass is 422 g/mol. The van der Waals surface area contributed by atoms with Crippen LogP contribution in [0.15, 0.2) is 18.2 Å². The number of ether oxygens (including phenoxy) is 2. The lowest BCUT2D eigenvalue weighted by molar-refractivity contribution is -0.0983. The standard InChI is InChI=1S/C24H43BO5/c1-7-9-11-13-17-28-20-15-16-21(22(19-20)29-18-14-12-10-8-2)25(27)30-24(5,6)23(3,4)26/h15-16,19,26-27H,7-14,17-18H2,1-6H3. The smallest absolute Gasteiger partial charge is 0.494 e. The second kappa shape index (κ2) is 13.2. The third kappa shape index (κ3) is 9.28. The van der Waals surface area contributed by atoms with Crippen molar-refractivity contribution in [3.05, 3.63) is 18.2 Å². The Kier molecular flexibility index (Phi) is 11.8. The van der Waals surface area contributed by atoms with Crippen molar-refractivity contribution in [2.75, 3.05) is 13.2 Å². The highest BCUT2D eigenvalue weighted by Crippen LogP contribution is 2.27. The molecule has 0 fully saturated rings. The van der Waals surface area contributed by atoms with E-state index in [4.69, 9.17) is 14.1 Å². The number of unbranched alkanes of at least 4 members (excludes halogenated alkanes) is 6. The van der Waals surface area contributed by atoms with Crippen molar-refractivity contribution in [1.29, 1.82) is 0 Å². The molecule has 6 heteroatoms. The number of benzene rings is 1. The zero-order valence-electron chi connectivity index (χ0n) is 20.0. The number of hydrogen-bond acceptors (Lipinski definition) is 5. The molecule has 1 rings (SSSR count). The first-order chi connectivity index (χ1) is 14.1. The molecular formula is C24H43BO5. The molecule has 172 valence electrons. The van der Waals surface area contributed by atoms with Gasteiger partial charge in [-0.3, -0.25) is 0 Å². The minimum atomic E-state index is -1.21. The molecule has 0 aliphatic carbocycles. The average molecular weight is 422 g/mol. The van der Waals surface area contributed by atoms with Gasteiger partial charge in [0, 0.05) is 11.5 Å². The van der Waals surface area contributed by atoms with Crippen LogP contribution in [0.3, 0.4) is 0 Å². The Bertz CT molecular complexity index is 598. The third-order valence-corrected chi connectivity index (χ3v) is 5.65. The molecular weight excluding hydrogens is 379 g/mol. The van der Waals surface area contributed by atoms with Crippen LogP contribution in [0.25, 0.3) is 0 Å². The van der Waals surface area contributed by atoms with Crippen LogP contribution < -0.4 is 14.9 Å². The molecule has 2 N–H and O–H groups in total. The summed E-state index contributed by atoms with van der Waals surface area (Å²) >= 11 is 0. The van der Waals surface area contributed by atoms with Crippen molar-refractivity contribution in [3.63, 3.8) is 0 Å². The summed E-state index contributed by atoms with van der Waals surface area (Å²) in [4.78, 5) is 0. The molecule has 0 aromatic heterocycles. The van der Waals surface area contributed by atoms with E-state index in [2.05, 4.69) is 13.8 Å². The van der Waals surface area contributed by atoms with Gasteiger partial charge in [0.25, 0.3) is 0 Å². The zero-order chi connectivity index (χ0) is 22.6. The van der Waals surface area contributed by atoms with Gasteiger partial charge >= 0.3 is 7.12 Å². The third-order valence-electron chi connectivity index (χ3n) is 5.65. The van der Waals surface area contributed by atoms with Crippen molar-refractivity contribution in [2.24, 2.45) is 0 Å². The average Bonchev–Trinajstić information content (AvgIpc) is 2.66. The number of aliphatic hydroxyl groups is 1. The molecule has 0 heterocycles. The molecule has 0 aliphatic heterocycles. The van der Waals surface area contributed by atoms with Gasteiger partial charge < -0.3 is 24.3 Å². The topological polar surface area (TPSA) is 68.2 Å². The fourth-order valence-corrected chi connectivity index (χ4v) is 2.85. The molecule has 0 aliphatic rings. The second-order valence-corrected chi connectivity index (χ2v) is 9.06. The highest BCUT2D eigenvalue weighted by atomic mass is 16.6. The molecule has 0 atom stereocenters. The van der Waals surface area contributed by atoms with E-state index in [9.17, 15) is 10.1 Å². The van der Waals surface area contributed by atoms with Crippen LogP contribution in [0.1, 0.15) is 92.9 Å². The van der Waals surface area contributed by atoms with Gasteiger partial charge in [0.05, 0.1) is 24.4 Å². The molecule has 0 amide bonds. The summed E-state index contributed by atoms with van der Waals surface area (Å²) in [5.41, 5.74) is -1.52. The van der Waals surface area contributed by atoms with E-state index in [0.717, 1.165) is 31.4 Å². The molecule has 0 radical (unpaired) electrons. The van der Waals surface area contributed by atoms with Crippen LogP contribution in [0.2, 0.25) is 0 Å². The summed E-state index contributed by atoms with van der Waals surface area (Å²) in [5, 5.41) is 21.1. The molecule has 30 heavy (non-hydrogen) atoms. The quantitative estimate of drug-likeness (QED) is 0.294. The SMILES string of the molecule is CCCCCCOc1ccc(B(O)OC(C)(C)C(C)(C)O)c(OCCCCCC)c1. The molecule has 0 saturated heterocycles. The highest BCUT2D eigenvalue weighted by Gasteiger charge is 2.40. The van der Waals surface area contributed by atoms with E-state index in [1.165, 1.54) is 25.7 Å². The summed E-state index contributed by atoms with van der Waals surface area (Å²) in [5.74, 6) is 1.30. The maximum Gasteiger partial charge on any atom is 0.495 e. The Morgan fingerprint density at radius 2 is 1.40 bits per heavy atom. The predicted octanol–water partition coefficient (Wildman–Crippen LogP) is 4.86. The van der Waals surface area contributed by atoms with Crippen LogP contribution in [-0.4, -0.2) is 41.7 Å². The second-order valence-electron chi connectivity index (χ2n) is 9.06. The molecule has 0 saturated carbocycles. The predicted molar refractivity (Wildman–Crippen MR) is 125 cm³/mol. The Morgan fingerprint density at radius 1 is 0.833 bits per heavy atom. The summed E-state index contributed by atoms with van der Waals surface area (Å²) in [6.07, 6.45) is 9.03. The molecule has 5 nitrogen and oxygen atoms in total. The first-order valence-electron chi connectivity index (χ1n) is 11.6. The van der Waals surface area contributed by atoms with Gasteiger partial charge in [-0.05, 0) is 46.6 Å². The van der Waals surface area contributed by atoms with Gasteiger partial charge in [-0.15, -0.1) is 0 Å². The first kappa shape index (κ1) is 26.8. The van der Waals surface area contributed by atoms with Gasteiger partial charge in [-0.2, -0.15) is 0 Å². The van der Waals surface area contributed by atoms with Crippen molar-refractivity contribution in [1.82, 2.24) is 0 Å². The maximum absolute atomic E-state index is 10.8. The molecule has 0 bridgehead atoms. The lowest BCUT2D eigenvalue weighted by atomic mass is 9.76. The van der Waals surface area contributed by atoms with E-state index in [1.54, 1.807) is 33.8 Å². The van der Waals surface area contributed by atoms with Crippen LogP contribution in [0, 0.1) is 0 Å². The van der Waals surface area contributed by atoms with Crippen molar-refractivity contribution in [2.45, 2.75) is 104 Å². The minimum Gasteiger partial charge on any atom is -0.494 e. The Morgan fingerprint density at radius 3 is 1.93 bits per heavy atom. The van der Waals surface area contributed by atoms with E-state index >= 15 is 0 Å². The minimum absolute atomic E-state index is 0.543. The molecule has 0 unspecified atom stereocenters. The largest absolute Gasteiger partial charge is 0.495 e. The molecule has 1 aromatic carbocycles. The summed E-state index contributed by atoms with van der Waals surface area (Å²) < 4.78 is 17.7. The van der Waals surface area contributed by atoms with Crippen LogP contribution in [0.5, 0.6) is 11.5 Å². The van der Waals surface area contributed by atoms with E-state index in [1.807, 2.05) is 12.1 Å². The number of hydrogen-bond donors (Lipinski definition) is 2. The lowest BCUT2D eigenvalue weighted by Gasteiger charge is -2.38. The maximum atomic E-state index is 10.8. The lowest BCUT2D eigenvalue weighted by Crippen LogP contribution is -2.53. The van der Waals surface area contributed by atoms with Crippen molar-refractivity contribution < 1.29 is 24.3 Å². The van der Waals surface area contributed by atoms with Crippen LogP contribution in [0.4, 0.5) is 0 Å². The molecule has 0 spiro atoms.